The first-order chi connectivity index (χ1) is 9.89. The number of fused-ring (bicyclic) bond motifs is 1. The van der Waals surface area contributed by atoms with Gasteiger partial charge in [0.2, 0.25) is 10.0 Å². The van der Waals surface area contributed by atoms with Crippen LogP contribution >= 0.6 is 11.3 Å². The Morgan fingerprint density at radius 2 is 2.19 bits per heavy atom. The van der Waals surface area contributed by atoms with Crippen molar-refractivity contribution in [1.29, 1.82) is 0 Å². The number of rotatable bonds is 3. The molecule has 0 unspecified atom stereocenters. The molecular formula is C13H14N2O4S2. The first-order valence-electron chi connectivity index (χ1n) is 6.34. The Balaban J connectivity index is 1.95. The van der Waals surface area contributed by atoms with Crippen LogP contribution in [0.5, 0.6) is 0 Å². The van der Waals surface area contributed by atoms with Gasteiger partial charge in [-0.25, -0.2) is 13.2 Å². The smallest absolute Gasteiger partial charge is 0.352 e. The Kier molecular flexibility index (Phi) is 3.39. The molecule has 0 bridgehead atoms. The van der Waals surface area contributed by atoms with Crippen molar-refractivity contribution in [3.63, 3.8) is 0 Å². The van der Waals surface area contributed by atoms with Crippen LogP contribution in [0.3, 0.4) is 0 Å². The quantitative estimate of drug-likeness (QED) is 0.928. The highest BCUT2D eigenvalue weighted by atomic mass is 32.2. The highest BCUT2D eigenvalue weighted by Crippen LogP contribution is 2.28. The molecule has 2 aromatic heterocycles. The summed E-state index contributed by atoms with van der Waals surface area (Å²) in [7, 11) is -2.14. The average Bonchev–Trinajstić information content (AvgIpc) is 3.03. The Hall–Kier alpha value is -1.64. The molecule has 3 rings (SSSR count). The standard InChI is InChI=1S/C13H14N2O4S2/c1-14-8-10(6-11(14)13(16)17)21(18,19)15-4-2-12-9(7-15)3-5-20-12/h3,5-6,8H,2,4,7H2,1H3,(H,16,17). The van der Waals surface area contributed by atoms with Crippen molar-refractivity contribution < 1.29 is 18.3 Å². The monoisotopic (exact) mass is 326 g/mol. The molecule has 1 N–H and O–H groups in total. The van der Waals surface area contributed by atoms with Crippen molar-refractivity contribution in [3.8, 4) is 0 Å². The van der Waals surface area contributed by atoms with Crippen LogP contribution in [0.2, 0.25) is 0 Å². The van der Waals surface area contributed by atoms with Crippen molar-refractivity contribution in [1.82, 2.24) is 8.87 Å². The molecule has 8 heteroatoms. The maximum Gasteiger partial charge on any atom is 0.352 e. The number of aromatic carboxylic acids is 1. The Labute approximate surface area is 126 Å². The number of aryl methyl sites for hydroxylation is 1. The zero-order valence-electron chi connectivity index (χ0n) is 11.3. The van der Waals surface area contributed by atoms with Crippen molar-refractivity contribution >= 4 is 27.3 Å². The van der Waals surface area contributed by atoms with E-state index in [1.165, 1.54) is 33.1 Å². The molecule has 0 aromatic carbocycles. The van der Waals surface area contributed by atoms with Gasteiger partial charge in [0.1, 0.15) is 10.6 Å². The lowest BCUT2D eigenvalue weighted by atomic mass is 10.1. The van der Waals surface area contributed by atoms with Crippen molar-refractivity contribution in [2.75, 3.05) is 6.54 Å². The van der Waals surface area contributed by atoms with Gasteiger partial charge in [-0.2, -0.15) is 4.31 Å². The van der Waals surface area contributed by atoms with Gasteiger partial charge in [-0.05, 0) is 29.5 Å². The zero-order chi connectivity index (χ0) is 15.2. The molecule has 0 atom stereocenters. The number of carboxylic acids is 1. The van der Waals surface area contributed by atoms with E-state index in [0.29, 0.717) is 19.5 Å². The summed E-state index contributed by atoms with van der Waals surface area (Å²) in [6.45, 7) is 0.769. The fraction of sp³-hybridized carbons (Fsp3) is 0.308. The third-order valence-electron chi connectivity index (χ3n) is 3.61. The van der Waals surface area contributed by atoms with Crippen molar-refractivity contribution in [2.24, 2.45) is 7.05 Å². The molecule has 6 nitrogen and oxygen atoms in total. The number of carboxylic acid groups (broad SMARTS) is 1. The second-order valence-electron chi connectivity index (χ2n) is 4.93. The predicted molar refractivity (Wildman–Crippen MR) is 78.0 cm³/mol. The van der Waals surface area contributed by atoms with Crippen LogP contribution in [0, 0.1) is 0 Å². The summed E-state index contributed by atoms with van der Waals surface area (Å²) in [4.78, 5) is 12.3. The normalized spacial score (nSPS) is 15.9. The maximum absolute atomic E-state index is 12.6. The Morgan fingerprint density at radius 3 is 2.86 bits per heavy atom. The van der Waals surface area contributed by atoms with Crippen LogP contribution in [0.4, 0.5) is 0 Å². The fourth-order valence-corrected chi connectivity index (χ4v) is 4.85. The van der Waals surface area contributed by atoms with Gasteiger partial charge in [0.25, 0.3) is 0 Å². The summed E-state index contributed by atoms with van der Waals surface area (Å²) in [5.41, 5.74) is 0.992. The van der Waals surface area contributed by atoms with Crippen LogP contribution in [-0.2, 0) is 30.0 Å². The first kappa shape index (κ1) is 14.3. The number of thiophene rings is 1. The third-order valence-corrected chi connectivity index (χ3v) is 6.44. The summed E-state index contributed by atoms with van der Waals surface area (Å²) in [6.07, 6.45) is 2.05. The minimum absolute atomic E-state index is 0.0288. The Bertz CT molecular complexity index is 804. The molecule has 3 heterocycles. The van der Waals surface area contributed by atoms with Crippen molar-refractivity contribution in [3.05, 3.63) is 39.8 Å². The molecule has 0 amide bonds. The first-order valence-corrected chi connectivity index (χ1v) is 8.66. The lowest BCUT2D eigenvalue weighted by Crippen LogP contribution is -2.35. The van der Waals surface area contributed by atoms with Gasteiger partial charge < -0.3 is 9.67 Å². The van der Waals surface area contributed by atoms with Crippen LogP contribution < -0.4 is 0 Å². The number of hydrogen-bond donors (Lipinski definition) is 1. The van der Waals surface area contributed by atoms with E-state index in [0.717, 1.165) is 5.56 Å². The van der Waals surface area contributed by atoms with Gasteiger partial charge in [0, 0.05) is 31.2 Å². The van der Waals surface area contributed by atoms with E-state index in [2.05, 4.69) is 0 Å². The molecule has 1 aliphatic rings. The molecular weight excluding hydrogens is 312 g/mol. The summed E-state index contributed by atoms with van der Waals surface area (Å²) in [5, 5.41) is 11.0. The molecule has 2 aromatic rings. The van der Waals surface area contributed by atoms with Gasteiger partial charge in [0.15, 0.2) is 0 Å². The SMILES string of the molecule is Cn1cc(S(=O)(=O)N2CCc3sccc3C2)cc1C(=O)O. The molecule has 0 fully saturated rings. The number of carbonyl (C=O) groups is 1. The van der Waals surface area contributed by atoms with E-state index >= 15 is 0 Å². The van der Waals surface area contributed by atoms with E-state index in [1.807, 2.05) is 11.4 Å². The largest absolute Gasteiger partial charge is 0.477 e. The van der Waals surface area contributed by atoms with Gasteiger partial charge >= 0.3 is 5.97 Å². The minimum atomic E-state index is -3.66. The number of sulfonamides is 1. The molecule has 0 aliphatic carbocycles. The number of aromatic nitrogens is 1. The third kappa shape index (κ3) is 2.39. The van der Waals surface area contributed by atoms with Crippen LogP contribution in [0.1, 0.15) is 20.9 Å². The van der Waals surface area contributed by atoms with E-state index < -0.39 is 16.0 Å². The van der Waals surface area contributed by atoms with E-state index in [-0.39, 0.29) is 10.6 Å². The van der Waals surface area contributed by atoms with Gasteiger partial charge in [-0.15, -0.1) is 11.3 Å². The second-order valence-corrected chi connectivity index (χ2v) is 7.87. The van der Waals surface area contributed by atoms with E-state index in [9.17, 15) is 13.2 Å². The number of nitrogens with zero attached hydrogens (tertiary/aromatic N) is 2. The summed E-state index contributed by atoms with van der Waals surface area (Å²) in [5.74, 6) is -1.14. The summed E-state index contributed by atoms with van der Waals surface area (Å²) < 4.78 is 28.0. The van der Waals surface area contributed by atoms with E-state index in [4.69, 9.17) is 5.11 Å². The molecule has 112 valence electrons. The molecule has 1 aliphatic heterocycles. The highest BCUT2D eigenvalue weighted by molar-refractivity contribution is 7.89. The lowest BCUT2D eigenvalue weighted by molar-refractivity contribution is 0.0686. The molecule has 0 radical (unpaired) electrons. The van der Waals surface area contributed by atoms with Crippen LogP contribution in [0.15, 0.2) is 28.6 Å². The zero-order valence-corrected chi connectivity index (χ0v) is 12.9. The maximum atomic E-state index is 12.6. The van der Waals surface area contributed by atoms with Crippen LogP contribution in [-0.4, -0.2) is 34.9 Å². The Morgan fingerprint density at radius 1 is 1.43 bits per heavy atom. The van der Waals surface area contributed by atoms with E-state index in [1.54, 1.807) is 11.3 Å². The number of hydrogen-bond acceptors (Lipinski definition) is 4. The van der Waals surface area contributed by atoms with Crippen LogP contribution in [0.25, 0.3) is 0 Å². The second kappa shape index (κ2) is 4.97. The molecule has 0 saturated heterocycles. The topological polar surface area (TPSA) is 79.6 Å². The summed E-state index contributed by atoms with van der Waals surface area (Å²) >= 11 is 1.64. The molecule has 21 heavy (non-hydrogen) atoms. The average molecular weight is 326 g/mol. The molecule has 0 spiro atoms. The van der Waals surface area contributed by atoms with Gasteiger partial charge in [-0.1, -0.05) is 0 Å². The van der Waals surface area contributed by atoms with Gasteiger partial charge in [-0.3, -0.25) is 0 Å². The highest BCUT2D eigenvalue weighted by Gasteiger charge is 2.30. The van der Waals surface area contributed by atoms with Gasteiger partial charge in [0.05, 0.1) is 0 Å². The lowest BCUT2D eigenvalue weighted by Gasteiger charge is -2.25. The van der Waals surface area contributed by atoms with Crippen molar-refractivity contribution in [2.45, 2.75) is 17.9 Å². The minimum Gasteiger partial charge on any atom is -0.477 e. The fourth-order valence-electron chi connectivity index (χ4n) is 2.46. The summed E-state index contributed by atoms with van der Waals surface area (Å²) in [6, 6.07) is 3.15. The molecule has 0 saturated carbocycles. The predicted octanol–water partition coefficient (Wildman–Crippen LogP) is 1.53.